The summed E-state index contributed by atoms with van der Waals surface area (Å²) in [5.41, 5.74) is 0.0825. The number of carboxylic acid groups (broad SMARTS) is 2. The Bertz CT molecular complexity index is 468. The second kappa shape index (κ2) is 5.80. The molecule has 0 aromatic carbocycles. The summed E-state index contributed by atoms with van der Waals surface area (Å²) in [5.74, 6) is -3.04. The van der Waals surface area contributed by atoms with Gasteiger partial charge in [0.1, 0.15) is 11.7 Å². The number of imidazole rings is 1. The summed E-state index contributed by atoms with van der Waals surface area (Å²) in [6.45, 7) is 0. The Kier molecular flexibility index (Phi) is 4.41. The van der Waals surface area contributed by atoms with Gasteiger partial charge in [0.05, 0.1) is 6.33 Å². The van der Waals surface area contributed by atoms with Gasteiger partial charge < -0.3 is 20.1 Å². The number of nitrogens with zero attached hydrogens (tertiary/aromatic N) is 2. The molecule has 1 atom stereocenters. The van der Waals surface area contributed by atoms with Crippen molar-refractivity contribution in [2.45, 2.75) is 18.9 Å². The lowest BCUT2D eigenvalue weighted by Gasteiger charge is -2.12. The Morgan fingerprint density at radius 1 is 1.44 bits per heavy atom. The summed E-state index contributed by atoms with van der Waals surface area (Å²) in [5, 5.41) is 19.6. The molecule has 18 heavy (non-hydrogen) atoms. The van der Waals surface area contributed by atoms with Gasteiger partial charge in [-0.3, -0.25) is 9.59 Å². The Labute approximate surface area is 102 Å². The lowest BCUT2D eigenvalue weighted by Crippen LogP contribution is -2.41. The van der Waals surface area contributed by atoms with Gasteiger partial charge in [-0.25, -0.2) is 9.78 Å². The average molecular weight is 255 g/mol. The van der Waals surface area contributed by atoms with Gasteiger partial charge in [-0.15, -0.1) is 0 Å². The summed E-state index contributed by atoms with van der Waals surface area (Å²) in [4.78, 5) is 36.6. The number of aromatic nitrogens is 2. The zero-order valence-corrected chi connectivity index (χ0v) is 9.66. The molecule has 0 saturated heterocycles. The summed E-state index contributed by atoms with van der Waals surface area (Å²) < 4.78 is 1.54. The maximum absolute atomic E-state index is 11.6. The maximum Gasteiger partial charge on any atom is 0.326 e. The van der Waals surface area contributed by atoms with Crippen LogP contribution in [0.25, 0.3) is 0 Å². The molecular formula is C10H13N3O5. The highest BCUT2D eigenvalue weighted by Gasteiger charge is 2.22. The summed E-state index contributed by atoms with van der Waals surface area (Å²) in [7, 11) is 1.67. The van der Waals surface area contributed by atoms with Crippen molar-refractivity contribution in [3.63, 3.8) is 0 Å². The third-order valence-electron chi connectivity index (χ3n) is 2.19. The lowest BCUT2D eigenvalue weighted by molar-refractivity contribution is -0.140. The van der Waals surface area contributed by atoms with Crippen LogP contribution in [0.4, 0.5) is 0 Å². The van der Waals surface area contributed by atoms with Gasteiger partial charge in [-0.2, -0.15) is 0 Å². The van der Waals surface area contributed by atoms with Gasteiger partial charge in [-0.1, -0.05) is 0 Å². The van der Waals surface area contributed by atoms with Crippen LogP contribution in [0.5, 0.6) is 0 Å². The predicted octanol–water partition coefficient (Wildman–Crippen LogP) is -0.532. The fourth-order valence-corrected chi connectivity index (χ4v) is 1.29. The maximum atomic E-state index is 11.6. The Morgan fingerprint density at radius 2 is 2.11 bits per heavy atom. The fourth-order valence-electron chi connectivity index (χ4n) is 1.29. The monoisotopic (exact) mass is 255 g/mol. The predicted molar refractivity (Wildman–Crippen MR) is 59.0 cm³/mol. The number of carbonyl (C=O) groups excluding carboxylic acids is 1. The molecule has 8 nitrogen and oxygen atoms in total. The molecule has 1 heterocycles. The molecule has 8 heteroatoms. The van der Waals surface area contributed by atoms with Crippen molar-refractivity contribution in [3.8, 4) is 0 Å². The van der Waals surface area contributed by atoms with Crippen LogP contribution in [0.3, 0.4) is 0 Å². The van der Waals surface area contributed by atoms with Crippen LogP contribution in [0.1, 0.15) is 23.3 Å². The van der Waals surface area contributed by atoms with Gasteiger partial charge in [-0.05, 0) is 6.42 Å². The highest BCUT2D eigenvalue weighted by Crippen LogP contribution is 2.01. The number of carbonyl (C=O) groups is 3. The number of aliphatic carboxylic acids is 2. The van der Waals surface area contributed by atoms with E-state index in [0.717, 1.165) is 0 Å². The van der Waals surface area contributed by atoms with Crippen LogP contribution in [0, 0.1) is 0 Å². The number of carboxylic acids is 2. The minimum atomic E-state index is -1.28. The van der Waals surface area contributed by atoms with Crippen LogP contribution in [0.2, 0.25) is 0 Å². The first-order valence-electron chi connectivity index (χ1n) is 5.13. The van der Waals surface area contributed by atoms with E-state index in [9.17, 15) is 14.4 Å². The molecular weight excluding hydrogens is 242 g/mol. The van der Waals surface area contributed by atoms with Crippen LogP contribution >= 0.6 is 0 Å². The summed E-state index contributed by atoms with van der Waals surface area (Å²) in [6, 6.07) is -1.24. The number of amides is 1. The van der Waals surface area contributed by atoms with E-state index in [-0.39, 0.29) is 18.5 Å². The van der Waals surface area contributed by atoms with Crippen LogP contribution in [-0.4, -0.2) is 43.7 Å². The van der Waals surface area contributed by atoms with E-state index < -0.39 is 23.9 Å². The van der Waals surface area contributed by atoms with E-state index in [4.69, 9.17) is 10.2 Å². The summed E-state index contributed by atoms with van der Waals surface area (Å²) in [6.07, 6.45) is 2.33. The number of rotatable bonds is 6. The van der Waals surface area contributed by atoms with Crippen molar-refractivity contribution < 1.29 is 24.6 Å². The normalized spacial score (nSPS) is 11.8. The molecule has 3 N–H and O–H groups in total. The Balaban J connectivity index is 2.63. The molecule has 0 unspecified atom stereocenters. The molecule has 1 amide bonds. The molecule has 0 fully saturated rings. The zero-order valence-electron chi connectivity index (χ0n) is 9.66. The minimum absolute atomic E-state index is 0.0825. The van der Waals surface area contributed by atoms with Crippen molar-refractivity contribution in [1.29, 1.82) is 0 Å². The molecule has 0 aliphatic heterocycles. The first-order chi connectivity index (χ1) is 8.40. The molecule has 1 aromatic rings. The smallest absolute Gasteiger partial charge is 0.326 e. The van der Waals surface area contributed by atoms with Gasteiger partial charge >= 0.3 is 11.9 Å². The van der Waals surface area contributed by atoms with E-state index in [1.54, 1.807) is 11.6 Å². The third kappa shape index (κ3) is 3.89. The standard InChI is InChI=1S/C10H13N3O5/c1-13-4-7(11-5-13)9(16)12-6(10(17)18)2-3-8(14)15/h4-6H,2-3H2,1H3,(H,12,16)(H,14,15)(H,17,18)/t6-/m0/s1. The van der Waals surface area contributed by atoms with E-state index >= 15 is 0 Å². The molecule has 0 spiro atoms. The second-order valence-corrected chi connectivity index (χ2v) is 3.72. The molecule has 1 aromatic heterocycles. The highest BCUT2D eigenvalue weighted by atomic mass is 16.4. The van der Waals surface area contributed by atoms with Crippen LogP contribution < -0.4 is 5.32 Å². The van der Waals surface area contributed by atoms with E-state index in [0.29, 0.717) is 0 Å². The molecule has 0 saturated carbocycles. The molecule has 0 aliphatic rings. The zero-order chi connectivity index (χ0) is 13.7. The topological polar surface area (TPSA) is 122 Å². The second-order valence-electron chi connectivity index (χ2n) is 3.72. The van der Waals surface area contributed by atoms with Gasteiger partial charge in [0, 0.05) is 19.7 Å². The van der Waals surface area contributed by atoms with Crippen molar-refractivity contribution >= 4 is 17.8 Å². The van der Waals surface area contributed by atoms with Crippen molar-refractivity contribution in [2.75, 3.05) is 0 Å². The van der Waals surface area contributed by atoms with Gasteiger partial charge in [0.25, 0.3) is 5.91 Å². The van der Waals surface area contributed by atoms with Crippen molar-refractivity contribution in [1.82, 2.24) is 14.9 Å². The highest BCUT2D eigenvalue weighted by molar-refractivity contribution is 5.94. The van der Waals surface area contributed by atoms with Gasteiger partial charge in [0.2, 0.25) is 0 Å². The minimum Gasteiger partial charge on any atom is -0.481 e. The third-order valence-corrected chi connectivity index (χ3v) is 2.19. The average Bonchev–Trinajstić information content (AvgIpc) is 2.70. The first-order valence-corrected chi connectivity index (χ1v) is 5.13. The molecule has 1 rings (SSSR count). The van der Waals surface area contributed by atoms with Crippen molar-refractivity contribution in [2.24, 2.45) is 7.05 Å². The van der Waals surface area contributed by atoms with Crippen LogP contribution in [-0.2, 0) is 16.6 Å². The Morgan fingerprint density at radius 3 is 2.56 bits per heavy atom. The molecule has 0 bridgehead atoms. The first kappa shape index (κ1) is 13.7. The molecule has 0 aliphatic carbocycles. The van der Waals surface area contributed by atoms with E-state index in [1.165, 1.54) is 12.5 Å². The number of aryl methyl sites for hydroxylation is 1. The molecule has 98 valence electrons. The van der Waals surface area contributed by atoms with Crippen molar-refractivity contribution in [3.05, 3.63) is 18.2 Å². The SMILES string of the molecule is Cn1cnc(C(=O)N[C@@H](CCC(=O)O)C(=O)O)c1. The van der Waals surface area contributed by atoms with E-state index in [2.05, 4.69) is 10.3 Å². The molecule has 0 radical (unpaired) electrons. The number of nitrogens with one attached hydrogen (secondary N) is 1. The van der Waals surface area contributed by atoms with Crippen LogP contribution in [0.15, 0.2) is 12.5 Å². The number of hydrogen-bond acceptors (Lipinski definition) is 4. The Hall–Kier alpha value is -2.38. The quantitative estimate of drug-likeness (QED) is 0.628. The van der Waals surface area contributed by atoms with Gasteiger partial charge in [0.15, 0.2) is 0 Å². The fraction of sp³-hybridized carbons (Fsp3) is 0.400. The largest absolute Gasteiger partial charge is 0.481 e. The summed E-state index contributed by atoms with van der Waals surface area (Å²) >= 11 is 0. The lowest BCUT2D eigenvalue weighted by atomic mass is 10.1. The number of hydrogen-bond donors (Lipinski definition) is 3. The van der Waals surface area contributed by atoms with E-state index in [1.807, 2.05) is 0 Å².